The summed E-state index contributed by atoms with van der Waals surface area (Å²) in [5.74, 6) is 0. The maximum absolute atomic E-state index is 5.95. The lowest BCUT2D eigenvalue weighted by molar-refractivity contribution is -0.130. The molecule has 2 unspecified atom stereocenters. The van der Waals surface area contributed by atoms with Crippen molar-refractivity contribution < 1.29 is 4.74 Å². The molecule has 1 aromatic rings. The van der Waals surface area contributed by atoms with Gasteiger partial charge < -0.3 is 10.1 Å². The van der Waals surface area contributed by atoms with Gasteiger partial charge in [-0.2, -0.15) is 0 Å². The molecule has 0 aromatic carbocycles. The lowest BCUT2D eigenvalue weighted by atomic mass is 9.60. The molecule has 0 amide bonds. The predicted molar refractivity (Wildman–Crippen MR) is 78.3 cm³/mol. The lowest BCUT2D eigenvalue weighted by Crippen LogP contribution is -2.62. The van der Waals surface area contributed by atoms with E-state index in [0.717, 1.165) is 31.0 Å². The molecule has 0 saturated heterocycles. The van der Waals surface area contributed by atoms with Crippen molar-refractivity contribution in [2.24, 2.45) is 5.41 Å². The fraction of sp³-hybridized carbons (Fsp3) is 0.750. The van der Waals surface area contributed by atoms with E-state index in [-0.39, 0.29) is 0 Å². The van der Waals surface area contributed by atoms with Crippen LogP contribution in [0, 0.1) is 12.3 Å². The highest BCUT2D eigenvalue weighted by atomic mass is 16.5. The SMILES string of the molecule is CCOC1CC(NCc2cnc(C)cn2)C12CCCC2. The molecule has 3 rings (SSSR count). The van der Waals surface area contributed by atoms with Crippen molar-refractivity contribution in [2.75, 3.05) is 6.61 Å². The summed E-state index contributed by atoms with van der Waals surface area (Å²) in [7, 11) is 0. The standard InChI is InChI=1S/C16H25N3O/c1-3-20-15-8-14(16(15)6-4-5-7-16)19-11-13-10-17-12(2)9-18-13/h9-10,14-15,19H,3-8,11H2,1-2H3. The molecule has 2 fully saturated rings. The van der Waals surface area contributed by atoms with Crippen molar-refractivity contribution in [3.63, 3.8) is 0 Å². The molecule has 0 radical (unpaired) electrons. The zero-order valence-corrected chi connectivity index (χ0v) is 12.6. The molecule has 1 heterocycles. The number of nitrogens with zero attached hydrogens (tertiary/aromatic N) is 2. The van der Waals surface area contributed by atoms with E-state index in [1.807, 2.05) is 19.3 Å². The zero-order valence-electron chi connectivity index (χ0n) is 12.6. The molecule has 0 bridgehead atoms. The second-order valence-corrected chi connectivity index (χ2v) is 6.20. The van der Waals surface area contributed by atoms with Crippen molar-refractivity contribution in [3.05, 3.63) is 23.8 Å². The monoisotopic (exact) mass is 275 g/mol. The largest absolute Gasteiger partial charge is 0.378 e. The molecule has 0 aliphatic heterocycles. The Kier molecular flexibility index (Phi) is 4.03. The first-order valence-corrected chi connectivity index (χ1v) is 7.87. The Morgan fingerprint density at radius 3 is 2.75 bits per heavy atom. The number of aromatic nitrogens is 2. The first-order chi connectivity index (χ1) is 9.74. The van der Waals surface area contributed by atoms with Crippen LogP contribution in [0.2, 0.25) is 0 Å². The van der Waals surface area contributed by atoms with Crippen LogP contribution in [0.4, 0.5) is 0 Å². The highest BCUT2D eigenvalue weighted by molar-refractivity contribution is 5.11. The fourth-order valence-corrected chi connectivity index (χ4v) is 3.91. The Balaban J connectivity index is 1.59. The van der Waals surface area contributed by atoms with Gasteiger partial charge in [-0.3, -0.25) is 9.97 Å². The first-order valence-electron chi connectivity index (χ1n) is 7.87. The van der Waals surface area contributed by atoms with E-state index < -0.39 is 0 Å². The van der Waals surface area contributed by atoms with Gasteiger partial charge >= 0.3 is 0 Å². The Hall–Kier alpha value is -1.00. The summed E-state index contributed by atoms with van der Waals surface area (Å²) < 4.78 is 5.95. The lowest BCUT2D eigenvalue weighted by Gasteiger charge is -2.54. The van der Waals surface area contributed by atoms with Crippen LogP contribution in [0.25, 0.3) is 0 Å². The predicted octanol–water partition coefficient (Wildman–Crippen LogP) is 2.61. The van der Waals surface area contributed by atoms with Gasteiger partial charge in [0, 0.05) is 37.0 Å². The quantitative estimate of drug-likeness (QED) is 0.897. The number of aryl methyl sites for hydroxylation is 1. The molecule has 2 atom stereocenters. The van der Waals surface area contributed by atoms with Gasteiger partial charge in [0.1, 0.15) is 0 Å². The Morgan fingerprint density at radius 1 is 1.30 bits per heavy atom. The van der Waals surface area contributed by atoms with Gasteiger partial charge in [0.15, 0.2) is 0 Å². The van der Waals surface area contributed by atoms with Crippen LogP contribution in [-0.2, 0) is 11.3 Å². The topological polar surface area (TPSA) is 47.0 Å². The van der Waals surface area contributed by atoms with E-state index >= 15 is 0 Å². The normalized spacial score (nSPS) is 27.7. The van der Waals surface area contributed by atoms with Crippen molar-refractivity contribution in [1.29, 1.82) is 0 Å². The molecule has 1 spiro atoms. The minimum absolute atomic E-state index is 0.397. The number of hydrogen-bond acceptors (Lipinski definition) is 4. The Bertz CT molecular complexity index is 440. The third kappa shape index (κ3) is 2.47. The van der Waals surface area contributed by atoms with Crippen LogP contribution in [-0.4, -0.2) is 28.7 Å². The highest BCUT2D eigenvalue weighted by Gasteiger charge is 2.56. The molecule has 4 heteroatoms. The van der Waals surface area contributed by atoms with E-state index in [9.17, 15) is 0 Å². The molecule has 2 saturated carbocycles. The third-order valence-corrected chi connectivity index (χ3v) is 5.05. The van der Waals surface area contributed by atoms with Crippen molar-refractivity contribution in [3.8, 4) is 0 Å². The van der Waals surface area contributed by atoms with Crippen LogP contribution in [0.5, 0.6) is 0 Å². The summed E-state index contributed by atoms with van der Waals surface area (Å²) in [5.41, 5.74) is 2.40. The summed E-state index contributed by atoms with van der Waals surface area (Å²) in [4.78, 5) is 8.73. The van der Waals surface area contributed by atoms with Gasteiger partial charge in [-0.1, -0.05) is 12.8 Å². The highest BCUT2D eigenvalue weighted by Crippen LogP contribution is 2.54. The number of hydrogen-bond donors (Lipinski definition) is 1. The van der Waals surface area contributed by atoms with E-state index in [1.54, 1.807) is 0 Å². The minimum atomic E-state index is 0.397. The van der Waals surface area contributed by atoms with E-state index in [4.69, 9.17) is 4.74 Å². The van der Waals surface area contributed by atoms with Gasteiger partial charge in [0.2, 0.25) is 0 Å². The molecule has 1 N–H and O–H groups in total. The number of nitrogens with one attached hydrogen (secondary N) is 1. The third-order valence-electron chi connectivity index (χ3n) is 5.05. The molecule has 4 nitrogen and oxygen atoms in total. The summed E-state index contributed by atoms with van der Waals surface area (Å²) >= 11 is 0. The summed E-state index contributed by atoms with van der Waals surface area (Å²) in [6, 6.07) is 0.588. The summed E-state index contributed by atoms with van der Waals surface area (Å²) in [6.07, 6.45) is 10.7. The molecule has 2 aliphatic carbocycles. The molecule has 110 valence electrons. The molecule has 2 aliphatic rings. The summed E-state index contributed by atoms with van der Waals surface area (Å²) in [5, 5.41) is 3.69. The summed E-state index contributed by atoms with van der Waals surface area (Å²) in [6.45, 7) is 5.72. The second-order valence-electron chi connectivity index (χ2n) is 6.20. The Morgan fingerprint density at radius 2 is 2.10 bits per heavy atom. The van der Waals surface area contributed by atoms with E-state index in [0.29, 0.717) is 17.6 Å². The van der Waals surface area contributed by atoms with Gasteiger partial charge in [0.25, 0.3) is 0 Å². The van der Waals surface area contributed by atoms with Gasteiger partial charge in [-0.05, 0) is 33.1 Å². The molecular weight excluding hydrogens is 250 g/mol. The van der Waals surface area contributed by atoms with Crippen LogP contribution in [0.15, 0.2) is 12.4 Å². The van der Waals surface area contributed by atoms with Crippen molar-refractivity contribution in [1.82, 2.24) is 15.3 Å². The first kappa shape index (κ1) is 14.0. The molecule has 1 aromatic heterocycles. The molecule has 20 heavy (non-hydrogen) atoms. The van der Waals surface area contributed by atoms with E-state index in [1.165, 1.54) is 25.7 Å². The fourth-order valence-electron chi connectivity index (χ4n) is 3.91. The number of rotatable bonds is 5. The van der Waals surface area contributed by atoms with Crippen LogP contribution in [0.3, 0.4) is 0 Å². The zero-order chi connectivity index (χ0) is 14.0. The van der Waals surface area contributed by atoms with Gasteiger partial charge in [-0.15, -0.1) is 0 Å². The minimum Gasteiger partial charge on any atom is -0.378 e. The maximum Gasteiger partial charge on any atom is 0.0724 e. The molecular formula is C16H25N3O. The smallest absolute Gasteiger partial charge is 0.0724 e. The van der Waals surface area contributed by atoms with Crippen molar-refractivity contribution in [2.45, 2.75) is 64.6 Å². The van der Waals surface area contributed by atoms with Crippen molar-refractivity contribution >= 4 is 0 Å². The maximum atomic E-state index is 5.95. The second kappa shape index (κ2) is 5.78. The van der Waals surface area contributed by atoms with Gasteiger partial charge in [-0.25, -0.2) is 0 Å². The van der Waals surface area contributed by atoms with E-state index in [2.05, 4.69) is 22.2 Å². The van der Waals surface area contributed by atoms with Gasteiger partial charge in [0.05, 0.1) is 17.5 Å². The Labute approximate surface area is 121 Å². The van der Waals surface area contributed by atoms with Crippen LogP contribution in [0.1, 0.15) is 50.4 Å². The average Bonchev–Trinajstić information content (AvgIpc) is 2.96. The average molecular weight is 275 g/mol. The van der Waals surface area contributed by atoms with Crippen LogP contribution >= 0.6 is 0 Å². The number of ether oxygens (including phenoxy) is 1. The van der Waals surface area contributed by atoms with Crippen LogP contribution < -0.4 is 5.32 Å².